The van der Waals surface area contributed by atoms with Crippen molar-refractivity contribution in [2.24, 2.45) is 0 Å². The summed E-state index contributed by atoms with van der Waals surface area (Å²) in [5, 5.41) is 13.5. The molecule has 0 radical (unpaired) electrons. The Morgan fingerprint density at radius 2 is 2.12 bits per heavy atom. The number of nitrogens with zero attached hydrogens (tertiary/aromatic N) is 2. The van der Waals surface area contributed by atoms with E-state index in [0.29, 0.717) is 0 Å². The lowest BCUT2D eigenvalue weighted by Crippen LogP contribution is -2.15. The largest absolute Gasteiger partial charge is 0.392 e. The number of aromatic nitrogens is 2. The molecule has 0 saturated carbocycles. The number of thioether (sulfide) groups is 1. The number of hydrogen-bond donors (Lipinski definition) is 2. The molecule has 5 heteroatoms. The molecule has 90 valence electrons. The van der Waals surface area contributed by atoms with E-state index in [1.54, 1.807) is 18.7 Å². The van der Waals surface area contributed by atoms with Crippen molar-refractivity contribution in [2.45, 2.75) is 43.6 Å². The van der Waals surface area contributed by atoms with Crippen molar-refractivity contribution in [1.29, 1.82) is 0 Å². The van der Waals surface area contributed by atoms with Gasteiger partial charge in [-0.25, -0.2) is 9.97 Å². The van der Waals surface area contributed by atoms with Crippen LogP contribution in [0.3, 0.4) is 0 Å². The average Bonchev–Trinajstić information content (AvgIpc) is 2.28. The predicted molar refractivity (Wildman–Crippen MR) is 68.0 cm³/mol. The fourth-order valence-electron chi connectivity index (χ4n) is 1.11. The number of anilines is 1. The van der Waals surface area contributed by atoms with E-state index >= 15 is 0 Å². The summed E-state index contributed by atoms with van der Waals surface area (Å²) in [6.45, 7) is 5.81. The van der Waals surface area contributed by atoms with Gasteiger partial charge in [0.1, 0.15) is 16.7 Å². The molecular weight excluding hydrogens is 222 g/mol. The molecule has 1 rings (SSSR count). The Balaban J connectivity index is 2.86. The van der Waals surface area contributed by atoms with Gasteiger partial charge in [0.25, 0.3) is 0 Å². The zero-order chi connectivity index (χ0) is 12.1. The summed E-state index contributed by atoms with van der Waals surface area (Å²) < 4.78 is 0. The van der Waals surface area contributed by atoms with Gasteiger partial charge in [0, 0.05) is 24.8 Å². The fraction of sp³-hybridized carbons (Fsp3) is 0.636. The zero-order valence-corrected chi connectivity index (χ0v) is 11.0. The summed E-state index contributed by atoms with van der Waals surface area (Å²) in [7, 11) is 1.84. The highest BCUT2D eigenvalue weighted by molar-refractivity contribution is 7.99. The SMILES string of the molecule is CCc1nc(NC)cc(SC(C)C(C)O)n1. The molecule has 2 atom stereocenters. The van der Waals surface area contributed by atoms with Crippen LogP contribution in [0.15, 0.2) is 11.1 Å². The van der Waals surface area contributed by atoms with Gasteiger partial charge in [-0.2, -0.15) is 0 Å². The van der Waals surface area contributed by atoms with E-state index in [1.165, 1.54) is 0 Å². The summed E-state index contributed by atoms with van der Waals surface area (Å²) in [6, 6.07) is 1.91. The molecule has 0 aromatic carbocycles. The highest BCUT2D eigenvalue weighted by Gasteiger charge is 2.12. The van der Waals surface area contributed by atoms with E-state index in [-0.39, 0.29) is 11.4 Å². The minimum atomic E-state index is -0.344. The normalized spacial score (nSPS) is 14.6. The Bertz CT molecular complexity index is 322. The van der Waals surface area contributed by atoms with Gasteiger partial charge in [0.2, 0.25) is 0 Å². The minimum Gasteiger partial charge on any atom is -0.392 e. The number of aryl methyl sites for hydroxylation is 1. The van der Waals surface area contributed by atoms with Gasteiger partial charge in [0.05, 0.1) is 6.10 Å². The Morgan fingerprint density at radius 1 is 1.44 bits per heavy atom. The molecule has 16 heavy (non-hydrogen) atoms. The van der Waals surface area contributed by atoms with Crippen LogP contribution in [0, 0.1) is 0 Å². The molecule has 1 heterocycles. The lowest BCUT2D eigenvalue weighted by atomic mass is 10.3. The molecule has 0 aliphatic carbocycles. The van der Waals surface area contributed by atoms with Gasteiger partial charge in [-0.1, -0.05) is 13.8 Å². The lowest BCUT2D eigenvalue weighted by molar-refractivity contribution is 0.196. The van der Waals surface area contributed by atoms with Crippen LogP contribution in [0.1, 0.15) is 26.6 Å². The molecule has 2 unspecified atom stereocenters. The van der Waals surface area contributed by atoms with Crippen molar-refractivity contribution in [1.82, 2.24) is 9.97 Å². The van der Waals surface area contributed by atoms with Crippen molar-refractivity contribution < 1.29 is 5.11 Å². The summed E-state index contributed by atoms with van der Waals surface area (Å²) in [6.07, 6.45) is 0.467. The Morgan fingerprint density at radius 3 is 2.62 bits per heavy atom. The number of rotatable bonds is 5. The maximum Gasteiger partial charge on any atom is 0.131 e. The first-order valence-electron chi connectivity index (χ1n) is 5.47. The third-order valence-corrected chi connectivity index (χ3v) is 3.52. The first-order valence-corrected chi connectivity index (χ1v) is 6.35. The molecule has 4 nitrogen and oxygen atoms in total. The molecule has 0 aliphatic rings. The number of hydrogen-bond acceptors (Lipinski definition) is 5. The molecular formula is C11H19N3OS. The van der Waals surface area contributed by atoms with E-state index in [1.807, 2.05) is 27.0 Å². The maximum atomic E-state index is 9.46. The van der Waals surface area contributed by atoms with Crippen molar-refractivity contribution in [2.75, 3.05) is 12.4 Å². The van der Waals surface area contributed by atoms with E-state index in [4.69, 9.17) is 0 Å². The van der Waals surface area contributed by atoms with Gasteiger partial charge < -0.3 is 10.4 Å². The quantitative estimate of drug-likeness (QED) is 0.609. The van der Waals surface area contributed by atoms with Crippen molar-refractivity contribution in [3.8, 4) is 0 Å². The van der Waals surface area contributed by atoms with E-state index in [2.05, 4.69) is 15.3 Å². The average molecular weight is 241 g/mol. The summed E-state index contributed by atoms with van der Waals surface area (Å²) in [4.78, 5) is 8.75. The molecule has 0 aliphatic heterocycles. The second kappa shape index (κ2) is 6.06. The Hall–Kier alpha value is -0.810. The van der Waals surface area contributed by atoms with Gasteiger partial charge in [-0.15, -0.1) is 11.8 Å². The van der Waals surface area contributed by atoms with Gasteiger partial charge in [-0.05, 0) is 6.92 Å². The molecule has 0 spiro atoms. The topological polar surface area (TPSA) is 58.0 Å². The van der Waals surface area contributed by atoms with Crippen molar-refractivity contribution in [3.05, 3.63) is 11.9 Å². The molecule has 0 amide bonds. The van der Waals surface area contributed by atoms with Crippen LogP contribution in [0.4, 0.5) is 5.82 Å². The predicted octanol–water partition coefficient (Wildman–Crippen LogP) is 1.94. The fourth-order valence-corrected chi connectivity index (χ4v) is 2.02. The van der Waals surface area contributed by atoms with Crippen LogP contribution < -0.4 is 5.32 Å². The zero-order valence-electron chi connectivity index (χ0n) is 10.2. The lowest BCUT2D eigenvalue weighted by Gasteiger charge is -2.14. The second-order valence-electron chi connectivity index (χ2n) is 3.67. The van der Waals surface area contributed by atoms with Gasteiger partial charge in [0.15, 0.2) is 0 Å². The Kier molecular flexibility index (Phi) is 5.02. The third-order valence-electron chi connectivity index (χ3n) is 2.31. The van der Waals surface area contributed by atoms with Crippen LogP contribution in [0.2, 0.25) is 0 Å². The highest BCUT2D eigenvalue weighted by atomic mass is 32.2. The highest BCUT2D eigenvalue weighted by Crippen LogP contribution is 2.25. The van der Waals surface area contributed by atoms with Crippen LogP contribution in [-0.2, 0) is 6.42 Å². The summed E-state index contributed by atoms with van der Waals surface area (Å²) in [5.41, 5.74) is 0. The van der Waals surface area contributed by atoms with Crippen molar-refractivity contribution in [3.63, 3.8) is 0 Å². The van der Waals surface area contributed by atoms with Crippen LogP contribution in [0.5, 0.6) is 0 Å². The molecule has 0 bridgehead atoms. The van der Waals surface area contributed by atoms with Crippen LogP contribution in [-0.4, -0.2) is 33.5 Å². The van der Waals surface area contributed by atoms with Crippen molar-refractivity contribution >= 4 is 17.6 Å². The first kappa shape index (κ1) is 13.3. The summed E-state index contributed by atoms with van der Waals surface area (Å²) in [5.74, 6) is 1.65. The first-order chi connectivity index (χ1) is 7.56. The summed E-state index contributed by atoms with van der Waals surface area (Å²) >= 11 is 1.57. The third kappa shape index (κ3) is 3.64. The number of aliphatic hydroxyl groups excluding tert-OH is 1. The van der Waals surface area contributed by atoms with Gasteiger partial charge in [-0.3, -0.25) is 0 Å². The van der Waals surface area contributed by atoms with Crippen LogP contribution >= 0.6 is 11.8 Å². The molecule has 1 aromatic heterocycles. The molecule has 1 aromatic rings. The van der Waals surface area contributed by atoms with E-state index < -0.39 is 0 Å². The maximum absolute atomic E-state index is 9.46. The number of aliphatic hydroxyl groups is 1. The van der Waals surface area contributed by atoms with E-state index in [0.717, 1.165) is 23.1 Å². The number of nitrogens with one attached hydrogen (secondary N) is 1. The van der Waals surface area contributed by atoms with E-state index in [9.17, 15) is 5.11 Å². The monoisotopic (exact) mass is 241 g/mol. The standard InChI is InChI=1S/C11H19N3OS/c1-5-9-13-10(12-4)6-11(14-9)16-8(3)7(2)15/h6-8,15H,5H2,1-4H3,(H,12,13,14). The minimum absolute atomic E-state index is 0.129. The Labute approximate surface area is 101 Å². The van der Waals surface area contributed by atoms with Gasteiger partial charge >= 0.3 is 0 Å². The van der Waals surface area contributed by atoms with Crippen LogP contribution in [0.25, 0.3) is 0 Å². The molecule has 2 N–H and O–H groups in total. The molecule has 0 fully saturated rings. The second-order valence-corrected chi connectivity index (χ2v) is 5.07. The molecule has 0 saturated heterocycles. The smallest absolute Gasteiger partial charge is 0.131 e.